The summed E-state index contributed by atoms with van der Waals surface area (Å²) in [6.45, 7) is 3.92. The van der Waals surface area contributed by atoms with E-state index in [1.54, 1.807) is 0 Å². The molecule has 2 N–H and O–H groups in total. The molecule has 3 rings (SSSR count). The van der Waals surface area contributed by atoms with Crippen molar-refractivity contribution in [3.8, 4) is 5.75 Å². The summed E-state index contributed by atoms with van der Waals surface area (Å²) in [5.41, 5.74) is 8.89. The molecule has 0 aliphatic carbocycles. The van der Waals surface area contributed by atoms with Gasteiger partial charge in [0.1, 0.15) is 5.75 Å². The van der Waals surface area contributed by atoms with Crippen LogP contribution in [-0.4, -0.2) is 28.0 Å². The third-order valence-corrected chi connectivity index (χ3v) is 4.92. The van der Waals surface area contributed by atoms with Gasteiger partial charge in [0.15, 0.2) is 0 Å². The Kier molecular flexibility index (Phi) is 9.31. The molecule has 0 aliphatic heterocycles. The molecule has 0 radical (unpaired) electrons. The number of nitrogens with zero attached hydrogens (tertiary/aromatic N) is 3. The zero-order valence-electron chi connectivity index (χ0n) is 17.6. The van der Waals surface area contributed by atoms with Gasteiger partial charge in [0.25, 0.3) is 0 Å². The number of ether oxygens (including phenoxy) is 1. The zero-order chi connectivity index (χ0) is 20.9. The first kappa shape index (κ1) is 21.9. The van der Waals surface area contributed by atoms with Crippen LogP contribution in [0.3, 0.4) is 0 Å². The summed E-state index contributed by atoms with van der Waals surface area (Å²) < 4.78 is 5.87. The molecule has 3 aromatic rings. The number of hydrogen-bond donors (Lipinski definition) is 1. The van der Waals surface area contributed by atoms with Gasteiger partial charge in [0.05, 0.1) is 18.0 Å². The molecule has 5 heteroatoms. The zero-order valence-corrected chi connectivity index (χ0v) is 17.6. The van der Waals surface area contributed by atoms with Gasteiger partial charge in [-0.05, 0) is 61.3 Å². The van der Waals surface area contributed by atoms with Crippen LogP contribution in [0.5, 0.6) is 5.75 Å². The number of benzene rings is 1. The Morgan fingerprint density at radius 2 is 1.33 bits per heavy atom. The molecule has 1 aromatic carbocycles. The first-order valence-corrected chi connectivity index (χ1v) is 10.8. The van der Waals surface area contributed by atoms with Crippen LogP contribution in [0, 0.1) is 0 Å². The predicted molar refractivity (Wildman–Crippen MR) is 121 cm³/mol. The van der Waals surface area contributed by atoms with E-state index in [0.29, 0.717) is 0 Å². The number of pyridine rings is 2. The van der Waals surface area contributed by atoms with Gasteiger partial charge in [-0.1, -0.05) is 37.1 Å². The van der Waals surface area contributed by atoms with Crippen molar-refractivity contribution in [3.05, 3.63) is 90.0 Å². The summed E-state index contributed by atoms with van der Waals surface area (Å²) in [6, 6.07) is 20.5. The van der Waals surface area contributed by atoms with Crippen LogP contribution >= 0.6 is 0 Å². The average molecular weight is 405 g/mol. The van der Waals surface area contributed by atoms with Gasteiger partial charge in [-0.25, -0.2) is 0 Å². The number of aromatic nitrogens is 2. The topological polar surface area (TPSA) is 64.3 Å². The maximum absolute atomic E-state index is 5.87. The van der Waals surface area contributed by atoms with Crippen molar-refractivity contribution in [2.24, 2.45) is 5.73 Å². The van der Waals surface area contributed by atoms with Gasteiger partial charge in [0, 0.05) is 32.0 Å². The van der Waals surface area contributed by atoms with Crippen molar-refractivity contribution < 1.29 is 4.74 Å². The summed E-state index contributed by atoms with van der Waals surface area (Å²) in [4.78, 5) is 11.3. The summed E-state index contributed by atoms with van der Waals surface area (Å²) in [6.07, 6.45) is 8.21. The van der Waals surface area contributed by atoms with E-state index >= 15 is 0 Å². The summed E-state index contributed by atoms with van der Waals surface area (Å²) in [7, 11) is 0. The highest BCUT2D eigenvalue weighted by atomic mass is 16.5. The van der Waals surface area contributed by atoms with Crippen LogP contribution in [0.15, 0.2) is 73.1 Å². The standard InChI is InChI=1S/C25H32N4O/c26-15-5-1-2-8-18-30-25-13-11-22(12-14-25)19-29(20-23-9-3-6-16-27-23)21-24-10-4-7-17-28-24/h3-4,6-7,9-14,16-17H,1-2,5,8,15,18-21,26H2. The lowest BCUT2D eigenvalue weighted by Crippen LogP contribution is -2.23. The molecule has 0 spiro atoms. The van der Waals surface area contributed by atoms with E-state index in [-0.39, 0.29) is 0 Å². The third-order valence-electron chi connectivity index (χ3n) is 4.92. The van der Waals surface area contributed by atoms with Crippen LogP contribution in [0.4, 0.5) is 0 Å². The molecule has 30 heavy (non-hydrogen) atoms. The minimum Gasteiger partial charge on any atom is -0.494 e. The van der Waals surface area contributed by atoms with Gasteiger partial charge in [0.2, 0.25) is 0 Å². The Balaban J connectivity index is 1.55. The molecule has 0 bridgehead atoms. The van der Waals surface area contributed by atoms with E-state index in [1.165, 1.54) is 18.4 Å². The van der Waals surface area contributed by atoms with E-state index in [4.69, 9.17) is 10.5 Å². The second-order valence-corrected chi connectivity index (χ2v) is 7.48. The third kappa shape index (κ3) is 7.93. The molecule has 5 nitrogen and oxygen atoms in total. The molecule has 0 unspecified atom stereocenters. The van der Waals surface area contributed by atoms with Crippen LogP contribution in [0.25, 0.3) is 0 Å². The van der Waals surface area contributed by atoms with Crippen molar-refractivity contribution in [2.75, 3.05) is 13.2 Å². The Morgan fingerprint density at radius 3 is 1.90 bits per heavy atom. The molecule has 0 saturated carbocycles. The smallest absolute Gasteiger partial charge is 0.119 e. The lowest BCUT2D eigenvalue weighted by molar-refractivity contribution is 0.241. The molecule has 0 fully saturated rings. The van der Waals surface area contributed by atoms with E-state index in [9.17, 15) is 0 Å². The Labute approximate surface area is 179 Å². The van der Waals surface area contributed by atoms with E-state index in [2.05, 4.69) is 51.3 Å². The SMILES string of the molecule is NCCCCCCOc1ccc(CN(Cc2ccccn2)Cc2ccccn2)cc1. The van der Waals surface area contributed by atoms with Crippen molar-refractivity contribution in [1.82, 2.24) is 14.9 Å². The molecular weight excluding hydrogens is 372 g/mol. The number of hydrogen-bond acceptors (Lipinski definition) is 5. The fourth-order valence-corrected chi connectivity index (χ4v) is 3.35. The fraction of sp³-hybridized carbons (Fsp3) is 0.360. The van der Waals surface area contributed by atoms with Crippen LogP contribution in [0.1, 0.15) is 42.6 Å². The van der Waals surface area contributed by atoms with Gasteiger partial charge in [-0.3, -0.25) is 14.9 Å². The first-order valence-electron chi connectivity index (χ1n) is 10.8. The predicted octanol–water partition coefficient (Wildman–Crippen LogP) is 4.58. The minimum absolute atomic E-state index is 0.759. The van der Waals surface area contributed by atoms with Gasteiger partial charge in [-0.2, -0.15) is 0 Å². The molecule has 2 heterocycles. The monoisotopic (exact) mass is 404 g/mol. The number of nitrogens with two attached hydrogens (primary N) is 1. The van der Waals surface area contributed by atoms with E-state index in [1.807, 2.05) is 36.7 Å². The molecule has 0 amide bonds. The quantitative estimate of drug-likeness (QED) is 0.423. The molecule has 158 valence electrons. The van der Waals surface area contributed by atoms with Crippen molar-refractivity contribution in [1.29, 1.82) is 0 Å². The summed E-state index contributed by atoms with van der Waals surface area (Å²) in [5.74, 6) is 0.929. The lowest BCUT2D eigenvalue weighted by Gasteiger charge is -2.22. The Hall–Kier alpha value is -2.76. The van der Waals surface area contributed by atoms with Crippen molar-refractivity contribution >= 4 is 0 Å². The largest absolute Gasteiger partial charge is 0.494 e. The van der Waals surface area contributed by atoms with E-state index < -0.39 is 0 Å². The molecule has 0 aliphatic rings. The Morgan fingerprint density at radius 1 is 0.700 bits per heavy atom. The van der Waals surface area contributed by atoms with Crippen LogP contribution in [-0.2, 0) is 19.6 Å². The van der Waals surface area contributed by atoms with Gasteiger partial charge in [-0.15, -0.1) is 0 Å². The highest BCUT2D eigenvalue weighted by Gasteiger charge is 2.10. The minimum atomic E-state index is 0.759. The highest BCUT2D eigenvalue weighted by molar-refractivity contribution is 5.27. The molecule has 0 saturated heterocycles. The lowest BCUT2D eigenvalue weighted by atomic mass is 10.2. The van der Waals surface area contributed by atoms with Crippen LogP contribution in [0.2, 0.25) is 0 Å². The second kappa shape index (κ2) is 12.7. The van der Waals surface area contributed by atoms with Crippen molar-refractivity contribution in [3.63, 3.8) is 0 Å². The van der Waals surface area contributed by atoms with Gasteiger partial charge >= 0.3 is 0 Å². The number of unbranched alkanes of at least 4 members (excludes halogenated alkanes) is 3. The molecular formula is C25H32N4O. The normalized spacial score (nSPS) is 11.0. The van der Waals surface area contributed by atoms with Crippen LogP contribution < -0.4 is 10.5 Å². The second-order valence-electron chi connectivity index (χ2n) is 7.48. The summed E-state index contributed by atoms with van der Waals surface area (Å²) >= 11 is 0. The average Bonchev–Trinajstić information content (AvgIpc) is 2.79. The summed E-state index contributed by atoms with van der Waals surface area (Å²) in [5, 5.41) is 0. The Bertz CT molecular complexity index is 783. The first-order chi connectivity index (χ1) is 14.8. The molecule has 2 aromatic heterocycles. The maximum atomic E-state index is 5.87. The fourth-order valence-electron chi connectivity index (χ4n) is 3.35. The highest BCUT2D eigenvalue weighted by Crippen LogP contribution is 2.17. The molecule has 0 atom stereocenters. The maximum Gasteiger partial charge on any atom is 0.119 e. The van der Waals surface area contributed by atoms with E-state index in [0.717, 1.165) is 62.8 Å². The van der Waals surface area contributed by atoms with Crippen molar-refractivity contribution in [2.45, 2.75) is 45.3 Å². The van der Waals surface area contributed by atoms with Gasteiger partial charge < -0.3 is 10.5 Å². The number of rotatable bonds is 13.